The summed E-state index contributed by atoms with van der Waals surface area (Å²) in [4.78, 5) is 12.6. The minimum Gasteiger partial charge on any atom is -0.358 e. The van der Waals surface area contributed by atoms with Crippen molar-refractivity contribution in [3.05, 3.63) is 29.6 Å². The molecule has 0 aromatic carbocycles. The van der Waals surface area contributed by atoms with Gasteiger partial charge in [0.25, 0.3) is 0 Å². The smallest absolute Gasteiger partial charge is 0.233 e. The fourth-order valence-electron chi connectivity index (χ4n) is 1.83. The highest BCUT2D eigenvalue weighted by Gasteiger charge is 2.15. The SMILES string of the molecule is CNC(=O)[C@@H](C)Sc1ccc2nnc(-c3cccs3)n2n1. The molecule has 3 aromatic heterocycles. The Hall–Kier alpha value is -1.93. The van der Waals surface area contributed by atoms with E-state index in [1.54, 1.807) is 22.9 Å². The number of hydrogen-bond acceptors (Lipinski definition) is 6. The normalized spacial score (nSPS) is 12.5. The topological polar surface area (TPSA) is 72.2 Å². The van der Waals surface area contributed by atoms with Crippen molar-refractivity contribution < 1.29 is 4.79 Å². The Balaban J connectivity index is 1.95. The van der Waals surface area contributed by atoms with Crippen molar-refractivity contribution in [2.75, 3.05) is 7.05 Å². The van der Waals surface area contributed by atoms with Crippen LogP contribution >= 0.6 is 23.1 Å². The Labute approximate surface area is 129 Å². The number of carbonyl (C=O) groups excluding carboxylic acids is 1. The van der Waals surface area contributed by atoms with Gasteiger partial charge in [0.2, 0.25) is 5.91 Å². The molecule has 0 saturated carbocycles. The van der Waals surface area contributed by atoms with Crippen molar-refractivity contribution in [3.8, 4) is 10.7 Å². The van der Waals surface area contributed by atoms with Gasteiger partial charge >= 0.3 is 0 Å². The van der Waals surface area contributed by atoms with Gasteiger partial charge in [-0.25, -0.2) is 0 Å². The lowest BCUT2D eigenvalue weighted by Crippen LogP contribution is -2.27. The third-order valence-corrected chi connectivity index (χ3v) is 4.79. The molecule has 0 spiro atoms. The van der Waals surface area contributed by atoms with E-state index >= 15 is 0 Å². The van der Waals surface area contributed by atoms with E-state index < -0.39 is 0 Å². The van der Waals surface area contributed by atoms with Gasteiger partial charge in [-0.1, -0.05) is 17.8 Å². The molecule has 1 atom stereocenters. The van der Waals surface area contributed by atoms with Crippen LogP contribution in [-0.4, -0.2) is 38.0 Å². The molecule has 0 fully saturated rings. The molecule has 108 valence electrons. The molecule has 6 nitrogen and oxygen atoms in total. The van der Waals surface area contributed by atoms with Crippen molar-refractivity contribution in [1.82, 2.24) is 25.1 Å². The first kappa shape index (κ1) is 14.0. The fourth-order valence-corrected chi connectivity index (χ4v) is 3.39. The number of nitrogens with zero attached hydrogens (tertiary/aromatic N) is 4. The molecule has 0 bridgehead atoms. The number of aromatic nitrogens is 4. The molecule has 8 heteroatoms. The quantitative estimate of drug-likeness (QED) is 0.745. The molecular formula is C13H13N5OS2. The summed E-state index contributed by atoms with van der Waals surface area (Å²) in [6.45, 7) is 1.85. The van der Waals surface area contributed by atoms with Crippen LogP contribution in [0.25, 0.3) is 16.3 Å². The zero-order valence-corrected chi connectivity index (χ0v) is 13.1. The van der Waals surface area contributed by atoms with Gasteiger partial charge < -0.3 is 5.32 Å². The van der Waals surface area contributed by atoms with E-state index in [1.165, 1.54) is 11.8 Å². The molecule has 0 radical (unpaired) electrons. The largest absolute Gasteiger partial charge is 0.358 e. The van der Waals surface area contributed by atoms with Gasteiger partial charge in [0.1, 0.15) is 5.03 Å². The second-order valence-corrected chi connectivity index (χ2v) is 6.63. The zero-order chi connectivity index (χ0) is 14.8. The molecule has 1 N–H and O–H groups in total. The minimum atomic E-state index is -0.207. The average molecular weight is 319 g/mol. The van der Waals surface area contributed by atoms with E-state index in [0.717, 1.165) is 15.7 Å². The predicted molar refractivity (Wildman–Crippen MR) is 83.5 cm³/mol. The molecule has 3 rings (SSSR count). The number of nitrogens with one attached hydrogen (secondary N) is 1. The van der Waals surface area contributed by atoms with Gasteiger partial charge in [-0.15, -0.1) is 21.5 Å². The summed E-state index contributed by atoms with van der Waals surface area (Å²) in [7, 11) is 1.63. The second kappa shape index (κ2) is 5.82. The number of thioether (sulfide) groups is 1. The Morgan fingerprint density at radius 1 is 1.38 bits per heavy atom. The third kappa shape index (κ3) is 2.77. The number of rotatable bonds is 4. The lowest BCUT2D eigenvalue weighted by atomic mass is 10.4. The standard InChI is InChI=1S/C13H13N5OS2/c1-8(13(19)14-2)21-11-6-5-10-15-16-12(18(10)17-11)9-4-3-7-20-9/h3-8H,1-2H3,(H,14,19)/t8-/m1/s1. The van der Waals surface area contributed by atoms with E-state index in [2.05, 4.69) is 20.6 Å². The first-order chi connectivity index (χ1) is 10.2. The Morgan fingerprint density at radius 2 is 2.24 bits per heavy atom. The van der Waals surface area contributed by atoms with Gasteiger partial charge in [0, 0.05) is 7.05 Å². The van der Waals surface area contributed by atoms with Crippen molar-refractivity contribution in [2.45, 2.75) is 17.2 Å². The van der Waals surface area contributed by atoms with Crippen LogP contribution in [0.1, 0.15) is 6.92 Å². The van der Waals surface area contributed by atoms with Crippen molar-refractivity contribution in [1.29, 1.82) is 0 Å². The molecule has 0 aliphatic heterocycles. The van der Waals surface area contributed by atoms with Crippen molar-refractivity contribution in [3.63, 3.8) is 0 Å². The maximum absolute atomic E-state index is 11.6. The molecule has 3 heterocycles. The van der Waals surface area contributed by atoms with Crippen LogP contribution in [0.15, 0.2) is 34.7 Å². The van der Waals surface area contributed by atoms with Crippen LogP contribution in [0.5, 0.6) is 0 Å². The van der Waals surface area contributed by atoms with Crippen molar-refractivity contribution >= 4 is 34.7 Å². The summed E-state index contributed by atoms with van der Waals surface area (Å²) in [6, 6.07) is 7.66. The van der Waals surface area contributed by atoms with Crippen molar-refractivity contribution in [2.24, 2.45) is 0 Å². The van der Waals surface area contributed by atoms with E-state index in [9.17, 15) is 4.79 Å². The number of fused-ring (bicyclic) bond motifs is 1. The van der Waals surface area contributed by atoms with Gasteiger partial charge in [-0.05, 0) is 30.5 Å². The lowest BCUT2D eigenvalue weighted by molar-refractivity contribution is -0.119. The van der Waals surface area contributed by atoms with Gasteiger partial charge in [0.05, 0.1) is 10.1 Å². The highest BCUT2D eigenvalue weighted by molar-refractivity contribution is 8.00. The summed E-state index contributed by atoms with van der Waals surface area (Å²) in [6.07, 6.45) is 0. The molecule has 0 aliphatic carbocycles. The zero-order valence-electron chi connectivity index (χ0n) is 11.5. The van der Waals surface area contributed by atoms with Gasteiger partial charge in [-0.3, -0.25) is 4.79 Å². The van der Waals surface area contributed by atoms with Crippen LogP contribution in [-0.2, 0) is 4.79 Å². The molecule has 3 aromatic rings. The van der Waals surface area contributed by atoms with Crippen LogP contribution in [0.4, 0.5) is 0 Å². The second-order valence-electron chi connectivity index (χ2n) is 4.32. The number of thiophene rings is 1. The maximum atomic E-state index is 11.6. The summed E-state index contributed by atoms with van der Waals surface area (Å²) in [5.74, 6) is 0.694. The van der Waals surface area contributed by atoms with Gasteiger partial charge in [-0.2, -0.15) is 9.61 Å². The Bertz CT molecular complexity index is 768. The molecular weight excluding hydrogens is 306 g/mol. The van der Waals surface area contributed by atoms with E-state index in [4.69, 9.17) is 0 Å². The summed E-state index contributed by atoms with van der Waals surface area (Å²) < 4.78 is 1.71. The molecule has 21 heavy (non-hydrogen) atoms. The molecule has 0 aliphatic rings. The van der Waals surface area contributed by atoms with Crippen LogP contribution in [0.3, 0.4) is 0 Å². The van der Waals surface area contributed by atoms with Gasteiger partial charge in [0.15, 0.2) is 11.5 Å². The maximum Gasteiger partial charge on any atom is 0.233 e. The average Bonchev–Trinajstić information content (AvgIpc) is 3.14. The highest BCUT2D eigenvalue weighted by atomic mass is 32.2. The highest BCUT2D eigenvalue weighted by Crippen LogP contribution is 2.25. The van der Waals surface area contributed by atoms with E-state index in [-0.39, 0.29) is 11.2 Å². The first-order valence-corrected chi connectivity index (χ1v) is 8.09. The van der Waals surface area contributed by atoms with E-state index in [1.807, 2.05) is 36.6 Å². The van der Waals surface area contributed by atoms with E-state index in [0.29, 0.717) is 5.65 Å². The number of amides is 1. The van der Waals surface area contributed by atoms with Crippen LogP contribution < -0.4 is 5.32 Å². The summed E-state index contributed by atoms with van der Waals surface area (Å²) in [5, 5.41) is 18.0. The fraction of sp³-hybridized carbons (Fsp3) is 0.231. The Kier molecular flexibility index (Phi) is 3.89. The molecule has 1 amide bonds. The van der Waals surface area contributed by atoms with Crippen LogP contribution in [0.2, 0.25) is 0 Å². The first-order valence-electron chi connectivity index (χ1n) is 6.33. The summed E-state index contributed by atoms with van der Waals surface area (Å²) >= 11 is 2.99. The minimum absolute atomic E-state index is 0.0240. The number of hydrogen-bond donors (Lipinski definition) is 1. The Morgan fingerprint density at radius 3 is 2.95 bits per heavy atom. The molecule has 0 saturated heterocycles. The number of carbonyl (C=O) groups is 1. The summed E-state index contributed by atoms with van der Waals surface area (Å²) in [5.41, 5.74) is 0.690. The van der Waals surface area contributed by atoms with Crippen LogP contribution in [0, 0.1) is 0 Å². The lowest BCUT2D eigenvalue weighted by Gasteiger charge is -2.08. The predicted octanol–water partition coefficient (Wildman–Crippen LogP) is 2.08. The monoisotopic (exact) mass is 319 g/mol. The third-order valence-electron chi connectivity index (χ3n) is 2.89. The molecule has 0 unspecified atom stereocenters.